The van der Waals surface area contributed by atoms with Gasteiger partial charge in [-0.2, -0.15) is 0 Å². The quantitative estimate of drug-likeness (QED) is 0.846. The van der Waals surface area contributed by atoms with Crippen LogP contribution < -0.4 is 5.32 Å². The monoisotopic (exact) mass is 265 g/mol. The van der Waals surface area contributed by atoms with Gasteiger partial charge in [0, 0.05) is 24.7 Å². The molecule has 1 amide bonds. The van der Waals surface area contributed by atoms with E-state index in [-0.39, 0.29) is 6.04 Å². The first-order valence-electron chi connectivity index (χ1n) is 8.02. The maximum absolute atomic E-state index is 12.7. The molecule has 1 saturated carbocycles. The van der Waals surface area contributed by atoms with Crippen LogP contribution in [0.25, 0.3) is 0 Å². The fraction of sp³-hybridized carbons (Fsp3) is 0.933. The number of carbonyl (C=O) groups is 1. The molecule has 3 fully saturated rings. The highest BCUT2D eigenvalue weighted by atomic mass is 16.2. The molecular weight excluding hydrogens is 238 g/mol. The molecule has 3 rings (SSSR count). The Morgan fingerprint density at radius 2 is 1.68 bits per heavy atom. The molecule has 3 atom stereocenters. The molecule has 0 aromatic carbocycles. The number of hydrazine groups is 1. The topological polar surface area (TPSA) is 35.6 Å². The summed E-state index contributed by atoms with van der Waals surface area (Å²) in [5.41, 5.74) is 0. The maximum atomic E-state index is 12.7. The van der Waals surface area contributed by atoms with Crippen LogP contribution in [0.1, 0.15) is 58.8 Å². The van der Waals surface area contributed by atoms with Gasteiger partial charge in [-0.25, -0.2) is 5.01 Å². The van der Waals surface area contributed by atoms with Gasteiger partial charge in [-0.05, 0) is 52.4 Å². The third-order valence-electron chi connectivity index (χ3n) is 4.86. The number of rotatable bonds is 3. The molecule has 0 aromatic rings. The molecule has 2 aliphatic heterocycles. The summed E-state index contributed by atoms with van der Waals surface area (Å²) >= 11 is 0. The second kappa shape index (κ2) is 5.41. The van der Waals surface area contributed by atoms with E-state index in [0.717, 1.165) is 19.4 Å². The van der Waals surface area contributed by atoms with Crippen LogP contribution in [-0.2, 0) is 4.79 Å². The number of nitrogens with one attached hydrogen (secondary N) is 1. The van der Waals surface area contributed by atoms with E-state index in [2.05, 4.69) is 29.2 Å². The molecule has 0 radical (unpaired) electrons. The number of piperidine rings is 2. The van der Waals surface area contributed by atoms with E-state index in [0.29, 0.717) is 24.0 Å². The molecule has 4 heteroatoms. The van der Waals surface area contributed by atoms with Crippen LogP contribution >= 0.6 is 0 Å². The molecule has 4 nitrogen and oxygen atoms in total. The van der Waals surface area contributed by atoms with E-state index in [4.69, 9.17) is 0 Å². The van der Waals surface area contributed by atoms with Gasteiger partial charge in [0.15, 0.2) is 0 Å². The van der Waals surface area contributed by atoms with Gasteiger partial charge in [-0.1, -0.05) is 6.42 Å². The Kier molecular flexibility index (Phi) is 3.81. The van der Waals surface area contributed by atoms with Crippen molar-refractivity contribution >= 4 is 5.91 Å². The summed E-state index contributed by atoms with van der Waals surface area (Å²) in [5.74, 6) is 0.318. The predicted molar refractivity (Wildman–Crippen MR) is 75.5 cm³/mol. The number of hydrogen-bond donors (Lipinski definition) is 1. The Hall–Kier alpha value is -0.610. The predicted octanol–water partition coefficient (Wildman–Crippen LogP) is 1.91. The molecule has 1 aliphatic carbocycles. The summed E-state index contributed by atoms with van der Waals surface area (Å²) in [6, 6.07) is 1.70. The zero-order chi connectivity index (χ0) is 13.4. The van der Waals surface area contributed by atoms with Crippen molar-refractivity contribution in [1.82, 2.24) is 15.3 Å². The maximum Gasteiger partial charge on any atom is 0.254 e. The van der Waals surface area contributed by atoms with Gasteiger partial charge in [0.1, 0.15) is 0 Å². The van der Waals surface area contributed by atoms with Crippen LogP contribution in [0.2, 0.25) is 0 Å². The third kappa shape index (κ3) is 2.79. The standard InChI is InChI=1S/C15H27N3O/c1-11-5-3-6-12(2)18(11)17-10-4-7-14(15(17)19)16-13-8-9-13/h11-14,16H,3-10H2,1-2H3. The summed E-state index contributed by atoms with van der Waals surface area (Å²) in [4.78, 5) is 12.7. The van der Waals surface area contributed by atoms with Crippen LogP contribution in [0.5, 0.6) is 0 Å². The van der Waals surface area contributed by atoms with Gasteiger partial charge in [0.25, 0.3) is 5.91 Å². The number of hydrogen-bond acceptors (Lipinski definition) is 3. The van der Waals surface area contributed by atoms with E-state index < -0.39 is 0 Å². The Labute approximate surface area is 116 Å². The largest absolute Gasteiger partial charge is 0.303 e. The van der Waals surface area contributed by atoms with Gasteiger partial charge in [-0.15, -0.1) is 0 Å². The highest BCUT2D eigenvalue weighted by Crippen LogP contribution is 2.28. The highest BCUT2D eigenvalue weighted by molar-refractivity contribution is 5.82. The van der Waals surface area contributed by atoms with Crippen molar-refractivity contribution in [1.29, 1.82) is 0 Å². The average molecular weight is 265 g/mol. The zero-order valence-electron chi connectivity index (χ0n) is 12.3. The molecule has 19 heavy (non-hydrogen) atoms. The number of nitrogens with zero attached hydrogens (tertiary/aromatic N) is 2. The van der Waals surface area contributed by atoms with Crippen molar-refractivity contribution in [3.05, 3.63) is 0 Å². The van der Waals surface area contributed by atoms with Crippen molar-refractivity contribution in [2.45, 2.75) is 83.0 Å². The summed E-state index contributed by atoms with van der Waals surface area (Å²) in [6.45, 7) is 5.44. The summed E-state index contributed by atoms with van der Waals surface area (Å²) < 4.78 is 0. The zero-order valence-corrected chi connectivity index (χ0v) is 12.3. The number of amides is 1. The lowest BCUT2D eigenvalue weighted by atomic mass is 9.98. The molecule has 2 saturated heterocycles. The SMILES string of the molecule is CC1CCCC(C)N1N1CCCC(NC2CC2)C1=O. The van der Waals surface area contributed by atoms with Crippen molar-refractivity contribution in [2.24, 2.45) is 0 Å². The summed E-state index contributed by atoms with van der Waals surface area (Å²) in [7, 11) is 0. The van der Waals surface area contributed by atoms with E-state index in [9.17, 15) is 4.79 Å². The molecule has 0 bridgehead atoms. The molecule has 0 spiro atoms. The summed E-state index contributed by atoms with van der Waals surface area (Å²) in [6.07, 6.45) is 8.38. The minimum atomic E-state index is 0.0718. The Morgan fingerprint density at radius 1 is 1.00 bits per heavy atom. The fourth-order valence-corrected chi connectivity index (χ4v) is 3.66. The molecule has 3 aliphatic rings. The smallest absolute Gasteiger partial charge is 0.254 e. The minimum Gasteiger partial charge on any atom is -0.303 e. The molecular formula is C15H27N3O. The lowest BCUT2D eigenvalue weighted by molar-refractivity contribution is -0.170. The molecule has 2 heterocycles. The van der Waals surface area contributed by atoms with Gasteiger partial charge in [0.05, 0.1) is 6.04 Å². The van der Waals surface area contributed by atoms with E-state index in [1.807, 2.05) is 0 Å². The second-order valence-corrected chi connectivity index (χ2v) is 6.61. The number of carbonyl (C=O) groups excluding carboxylic acids is 1. The second-order valence-electron chi connectivity index (χ2n) is 6.61. The van der Waals surface area contributed by atoms with Gasteiger partial charge in [0.2, 0.25) is 0 Å². The first-order chi connectivity index (χ1) is 9.16. The molecule has 108 valence electrons. The van der Waals surface area contributed by atoms with Crippen molar-refractivity contribution in [3.63, 3.8) is 0 Å². The van der Waals surface area contributed by atoms with Gasteiger partial charge >= 0.3 is 0 Å². The van der Waals surface area contributed by atoms with Crippen LogP contribution in [0.15, 0.2) is 0 Å². The normalized spacial score (nSPS) is 37.7. The minimum absolute atomic E-state index is 0.0718. The first-order valence-corrected chi connectivity index (χ1v) is 8.02. The Bertz CT molecular complexity index is 332. The molecule has 0 aromatic heterocycles. The van der Waals surface area contributed by atoms with Crippen LogP contribution in [0.4, 0.5) is 0 Å². The van der Waals surface area contributed by atoms with Crippen molar-refractivity contribution in [3.8, 4) is 0 Å². The third-order valence-corrected chi connectivity index (χ3v) is 4.86. The van der Waals surface area contributed by atoms with Crippen LogP contribution in [-0.4, -0.2) is 46.6 Å². The first kappa shape index (κ1) is 13.4. The van der Waals surface area contributed by atoms with Gasteiger partial charge in [-0.3, -0.25) is 9.80 Å². The molecule has 3 unspecified atom stereocenters. The van der Waals surface area contributed by atoms with E-state index >= 15 is 0 Å². The van der Waals surface area contributed by atoms with E-state index in [1.165, 1.54) is 32.1 Å². The summed E-state index contributed by atoms with van der Waals surface area (Å²) in [5, 5.41) is 7.96. The fourth-order valence-electron chi connectivity index (χ4n) is 3.66. The molecule has 1 N–H and O–H groups in total. The van der Waals surface area contributed by atoms with Crippen molar-refractivity contribution in [2.75, 3.05) is 6.54 Å². The Balaban J connectivity index is 1.69. The lowest BCUT2D eigenvalue weighted by Gasteiger charge is -2.48. The highest BCUT2D eigenvalue weighted by Gasteiger charge is 2.39. The Morgan fingerprint density at radius 3 is 2.32 bits per heavy atom. The lowest BCUT2D eigenvalue weighted by Crippen LogP contribution is -2.62. The van der Waals surface area contributed by atoms with Gasteiger partial charge < -0.3 is 5.32 Å². The van der Waals surface area contributed by atoms with Crippen LogP contribution in [0.3, 0.4) is 0 Å². The van der Waals surface area contributed by atoms with Crippen LogP contribution in [0, 0.1) is 0 Å². The van der Waals surface area contributed by atoms with Crippen molar-refractivity contribution < 1.29 is 4.79 Å². The average Bonchev–Trinajstić information content (AvgIpc) is 3.17. The van der Waals surface area contributed by atoms with E-state index in [1.54, 1.807) is 0 Å².